The second-order valence-electron chi connectivity index (χ2n) is 2.99. The normalized spacial score (nSPS) is 10.5. The van der Waals surface area contributed by atoms with E-state index in [0.717, 1.165) is 5.56 Å². The van der Waals surface area contributed by atoms with Crippen molar-refractivity contribution in [2.45, 2.75) is 0 Å². The molecule has 16 heavy (non-hydrogen) atoms. The van der Waals surface area contributed by atoms with Crippen molar-refractivity contribution in [3.8, 4) is 0 Å². The molecule has 0 aromatic carbocycles. The largest absolute Gasteiger partial charge is 0.472 e. The van der Waals surface area contributed by atoms with Gasteiger partial charge in [0.2, 0.25) is 0 Å². The molecule has 0 spiro atoms. The Kier molecular flexibility index (Phi) is 3.08. The van der Waals surface area contributed by atoms with Crippen LogP contribution in [-0.4, -0.2) is 17.1 Å². The van der Waals surface area contributed by atoms with Gasteiger partial charge >= 0.3 is 0 Å². The van der Waals surface area contributed by atoms with Gasteiger partial charge in [0, 0.05) is 23.5 Å². The summed E-state index contributed by atoms with van der Waals surface area (Å²) in [6.45, 7) is 0. The second kappa shape index (κ2) is 4.88. The van der Waals surface area contributed by atoms with Crippen molar-refractivity contribution in [3.63, 3.8) is 0 Å². The highest BCUT2D eigenvalue weighted by Crippen LogP contribution is 1.96. The fourth-order valence-corrected chi connectivity index (χ4v) is 1.08. The van der Waals surface area contributed by atoms with Crippen LogP contribution in [0.5, 0.6) is 0 Å². The van der Waals surface area contributed by atoms with Crippen LogP contribution in [0.3, 0.4) is 0 Å². The van der Waals surface area contributed by atoms with Crippen LogP contribution in [0.2, 0.25) is 0 Å². The lowest BCUT2D eigenvalue weighted by Gasteiger charge is -1.97. The third kappa shape index (κ3) is 2.54. The van der Waals surface area contributed by atoms with E-state index >= 15 is 0 Å². The van der Waals surface area contributed by atoms with Crippen LogP contribution in [0, 0.1) is 0 Å². The summed E-state index contributed by atoms with van der Waals surface area (Å²) < 4.78 is 4.84. The molecule has 0 bridgehead atoms. The molecule has 0 unspecified atom stereocenters. The highest BCUT2D eigenvalue weighted by Gasteiger charge is 2.01. The number of hydrogen-bond acceptors (Lipinski definition) is 4. The van der Waals surface area contributed by atoms with Gasteiger partial charge in [0.1, 0.15) is 0 Å². The summed E-state index contributed by atoms with van der Waals surface area (Å²) >= 11 is 0. The number of aromatic nitrogens is 1. The molecule has 0 aliphatic rings. The number of carbonyl (C=O) groups is 1. The third-order valence-corrected chi connectivity index (χ3v) is 1.87. The monoisotopic (exact) mass is 215 g/mol. The first-order valence-electron chi connectivity index (χ1n) is 4.62. The average molecular weight is 215 g/mol. The Morgan fingerprint density at radius 1 is 1.38 bits per heavy atom. The minimum atomic E-state index is -0.276. The quantitative estimate of drug-likeness (QED) is 0.622. The molecule has 2 aromatic rings. The van der Waals surface area contributed by atoms with E-state index in [2.05, 4.69) is 15.5 Å². The number of carbonyl (C=O) groups excluding carboxylic acids is 1. The molecule has 5 nitrogen and oxygen atoms in total. The summed E-state index contributed by atoms with van der Waals surface area (Å²) in [5.74, 6) is -0.276. The van der Waals surface area contributed by atoms with Crippen LogP contribution in [-0.2, 0) is 0 Å². The molecule has 0 fully saturated rings. The molecule has 0 aliphatic carbocycles. The highest BCUT2D eigenvalue weighted by atomic mass is 16.3. The smallest absolute Gasteiger partial charge is 0.271 e. The molecule has 80 valence electrons. The Morgan fingerprint density at radius 2 is 2.19 bits per heavy atom. The fourth-order valence-electron chi connectivity index (χ4n) is 1.08. The van der Waals surface area contributed by atoms with E-state index in [4.69, 9.17) is 4.42 Å². The van der Waals surface area contributed by atoms with Gasteiger partial charge in [-0.25, -0.2) is 5.43 Å². The number of amides is 1. The van der Waals surface area contributed by atoms with Crippen LogP contribution in [0.4, 0.5) is 0 Å². The Hall–Kier alpha value is -2.43. The lowest BCUT2D eigenvalue weighted by Crippen LogP contribution is -2.17. The van der Waals surface area contributed by atoms with Crippen LogP contribution >= 0.6 is 0 Å². The van der Waals surface area contributed by atoms with E-state index in [1.807, 2.05) is 0 Å². The first-order chi connectivity index (χ1) is 7.86. The summed E-state index contributed by atoms with van der Waals surface area (Å²) in [5, 5.41) is 3.79. The van der Waals surface area contributed by atoms with Gasteiger partial charge in [0.25, 0.3) is 5.91 Å². The van der Waals surface area contributed by atoms with Crippen molar-refractivity contribution in [2.24, 2.45) is 5.10 Å². The highest BCUT2D eigenvalue weighted by molar-refractivity contribution is 5.94. The van der Waals surface area contributed by atoms with Gasteiger partial charge in [-0.2, -0.15) is 5.10 Å². The predicted octanol–water partition coefficient (Wildman–Crippen LogP) is 1.44. The molecular weight excluding hydrogens is 206 g/mol. The summed E-state index contributed by atoms with van der Waals surface area (Å²) in [7, 11) is 0. The van der Waals surface area contributed by atoms with Crippen LogP contribution < -0.4 is 5.43 Å². The van der Waals surface area contributed by atoms with E-state index < -0.39 is 0 Å². The number of hydrogen-bond donors (Lipinski definition) is 1. The Labute approximate surface area is 91.8 Å². The molecule has 1 N–H and O–H groups in total. The Bertz CT molecular complexity index is 477. The molecule has 0 radical (unpaired) electrons. The maximum Gasteiger partial charge on any atom is 0.271 e. The summed E-state index contributed by atoms with van der Waals surface area (Å²) in [6.07, 6.45) is 7.67. The molecular formula is C11H9N3O2. The minimum absolute atomic E-state index is 0.276. The number of nitrogens with zero attached hydrogens (tertiary/aromatic N) is 2. The lowest BCUT2D eigenvalue weighted by atomic mass is 10.3. The van der Waals surface area contributed by atoms with Crippen molar-refractivity contribution < 1.29 is 9.21 Å². The van der Waals surface area contributed by atoms with E-state index in [0.29, 0.717) is 5.56 Å². The molecule has 0 saturated carbocycles. The molecule has 2 heterocycles. The number of furan rings is 1. The summed E-state index contributed by atoms with van der Waals surface area (Å²) in [6, 6.07) is 4.97. The average Bonchev–Trinajstić information content (AvgIpc) is 2.83. The Morgan fingerprint density at radius 3 is 2.88 bits per heavy atom. The van der Waals surface area contributed by atoms with E-state index in [1.165, 1.54) is 18.7 Å². The van der Waals surface area contributed by atoms with Crippen LogP contribution in [0.1, 0.15) is 15.9 Å². The van der Waals surface area contributed by atoms with Gasteiger partial charge in [-0.15, -0.1) is 0 Å². The molecule has 2 rings (SSSR count). The summed E-state index contributed by atoms with van der Waals surface area (Å²) in [5.41, 5.74) is 3.70. The van der Waals surface area contributed by atoms with Crippen molar-refractivity contribution in [2.75, 3.05) is 0 Å². The first kappa shape index (κ1) is 10.1. The molecule has 1 amide bonds. The predicted molar refractivity (Wildman–Crippen MR) is 58.0 cm³/mol. The zero-order valence-electron chi connectivity index (χ0n) is 8.33. The number of rotatable bonds is 3. The second-order valence-corrected chi connectivity index (χ2v) is 2.99. The van der Waals surface area contributed by atoms with E-state index in [1.54, 1.807) is 30.6 Å². The van der Waals surface area contributed by atoms with Gasteiger partial charge in [0.05, 0.1) is 18.7 Å². The van der Waals surface area contributed by atoms with Crippen molar-refractivity contribution in [1.82, 2.24) is 10.4 Å². The molecule has 0 atom stereocenters. The van der Waals surface area contributed by atoms with E-state index in [9.17, 15) is 4.79 Å². The number of pyridine rings is 1. The van der Waals surface area contributed by atoms with Gasteiger partial charge in [0.15, 0.2) is 0 Å². The Balaban J connectivity index is 1.94. The maximum absolute atomic E-state index is 11.5. The van der Waals surface area contributed by atoms with Crippen molar-refractivity contribution in [1.29, 1.82) is 0 Å². The first-order valence-corrected chi connectivity index (χ1v) is 4.62. The van der Waals surface area contributed by atoms with Crippen LogP contribution in [0.15, 0.2) is 52.6 Å². The van der Waals surface area contributed by atoms with Crippen LogP contribution in [0.25, 0.3) is 0 Å². The zero-order valence-corrected chi connectivity index (χ0v) is 8.33. The lowest BCUT2D eigenvalue weighted by molar-refractivity contribution is 0.0955. The zero-order chi connectivity index (χ0) is 11.2. The summed E-state index contributed by atoms with van der Waals surface area (Å²) in [4.78, 5) is 15.3. The minimum Gasteiger partial charge on any atom is -0.472 e. The van der Waals surface area contributed by atoms with Gasteiger partial charge < -0.3 is 4.42 Å². The number of hydrazone groups is 1. The third-order valence-electron chi connectivity index (χ3n) is 1.87. The topological polar surface area (TPSA) is 67.5 Å². The van der Waals surface area contributed by atoms with Crippen molar-refractivity contribution >= 4 is 12.1 Å². The fraction of sp³-hybridized carbons (Fsp3) is 0. The van der Waals surface area contributed by atoms with Gasteiger partial charge in [-0.05, 0) is 18.2 Å². The molecule has 0 aliphatic heterocycles. The SMILES string of the molecule is O=C(N/N=C/c1ccoc1)c1ccncc1. The van der Waals surface area contributed by atoms with Gasteiger partial charge in [-0.1, -0.05) is 0 Å². The molecule has 2 aromatic heterocycles. The van der Waals surface area contributed by atoms with Gasteiger partial charge in [-0.3, -0.25) is 9.78 Å². The van der Waals surface area contributed by atoms with Crippen molar-refractivity contribution in [3.05, 3.63) is 54.2 Å². The molecule has 5 heteroatoms. The molecule has 0 saturated heterocycles. The standard InChI is InChI=1S/C11H9N3O2/c15-11(10-1-4-12-5-2-10)14-13-7-9-3-6-16-8-9/h1-8H,(H,14,15)/b13-7+. The number of nitrogens with one attached hydrogen (secondary N) is 1. The maximum atomic E-state index is 11.5. The van der Waals surface area contributed by atoms with E-state index in [-0.39, 0.29) is 5.91 Å².